The average Bonchev–Trinajstić information content (AvgIpc) is 2.41. The van der Waals surface area contributed by atoms with Gasteiger partial charge in [0.25, 0.3) is 0 Å². The van der Waals surface area contributed by atoms with Crippen molar-refractivity contribution in [2.75, 3.05) is 0 Å². The Labute approximate surface area is 142 Å². The third-order valence-electron chi connectivity index (χ3n) is 3.18. The zero-order valence-corrected chi connectivity index (χ0v) is 12.8. The molecule has 0 atom stereocenters. The molecule has 0 aromatic carbocycles. The molecule has 0 aliphatic rings. The van der Waals surface area contributed by atoms with Crippen LogP contribution < -0.4 is 6.15 Å². The average molecular weight is 437 g/mol. The summed E-state index contributed by atoms with van der Waals surface area (Å²) in [7, 11) is 0. The van der Waals surface area contributed by atoms with Crippen molar-refractivity contribution in [1.29, 1.82) is 0 Å². The van der Waals surface area contributed by atoms with Gasteiger partial charge in [-0.1, -0.05) is 0 Å². The quantitative estimate of drug-likeness (QED) is 0.466. The Bertz CT molecular complexity index is 515. The van der Waals surface area contributed by atoms with E-state index < -0.39 is 67.4 Å². The lowest BCUT2D eigenvalue weighted by molar-refractivity contribution is -0.295. The van der Waals surface area contributed by atoms with Crippen LogP contribution in [-0.4, -0.2) is 46.9 Å². The van der Waals surface area contributed by atoms with E-state index in [9.17, 15) is 61.9 Å². The lowest BCUT2D eigenvalue weighted by atomic mass is 9.96. The number of rotatable bonds is 9. The summed E-state index contributed by atoms with van der Waals surface area (Å²) in [5.41, 5.74) is 0. The van der Waals surface area contributed by atoms with Gasteiger partial charge in [-0.2, -0.15) is 57.1 Å². The maximum Gasteiger partial charge on any atom is 0.453 e. The van der Waals surface area contributed by atoms with Crippen molar-refractivity contribution in [3.63, 3.8) is 0 Å². The van der Waals surface area contributed by atoms with Crippen molar-refractivity contribution in [3.05, 3.63) is 0 Å². The molecular formula is C11H12F13NO2. The van der Waals surface area contributed by atoms with Gasteiger partial charge in [0.1, 0.15) is 0 Å². The first-order valence-corrected chi connectivity index (χ1v) is 6.30. The maximum absolute atomic E-state index is 13.2. The van der Waals surface area contributed by atoms with E-state index in [0.717, 1.165) is 0 Å². The molecule has 0 aromatic heterocycles. The Morgan fingerprint density at radius 3 is 1.07 bits per heavy atom. The van der Waals surface area contributed by atoms with Gasteiger partial charge in [0, 0.05) is 25.7 Å². The van der Waals surface area contributed by atoms with E-state index in [1.807, 2.05) is 0 Å². The minimum Gasteiger partial charge on any atom is -0.477 e. The molecule has 16 heteroatoms. The highest BCUT2D eigenvalue weighted by atomic mass is 19.4. The molecule has 0 amide bonds. The molecule has 0 heterocycles. The summed E-state index contributed by atoms with van der Waals surface area (Å²) in [6, 6.07) is 0. The van der Waals surface area contributed by atoms with Crippen LogP contribution in [0.1, 0.15) is 25.7 Å². The molecular weight excluding hydrogens is 425 g/mol. The Kier molecular flexibility index (Phi) is 8.08. The van der Waals surface area contributed by atoms with Gasteiger partial charge < -0.3 is 11.3 Å². The molecule has 3 nitrogen and oxygen atoms in total. The van der Waals surface area contributed by atoms with Gasteiger partial charge in [0.15, 0.2) is 0 Å². The fraction of sp³-hybridized carbons (Fsp3) is 0.909. The van der Waals surface area contributed by atoms with E-state index in [4.69, 9.17) is 5.11 Å². The molecule has 0 rings (SSSR count). The minimum absolute atomic E-state index is 0. The predicted octanol–water partition coefficient (Wildman–Crippen LogP) is 5.53. The second-order valence-electron chi connectivity index (χ2n) is 5.20. The molecule has 164 valence electrons. The first-order chi connectivity index (χ1) is 11.1. The van der Waals surface area contributed by atoms with Crippen LogP contribution in [0.3, 0.4) is 0 Å². The number of alkyl halides is 13. The molecule has 0 spiro atoms. The molecule has 0 saturated carbocycles. The molecule has 0 fully saturated rings. The van der Waals surface area contributed by atoms with Crippen LogP contribution >= 0.6 is 0 Å². The van der Waals surface area contributed by atoms with Crippen molar-refractivity contribution in [2.45, 2.75) is 61.5 Å². The SMILES string of the molecule is N.O=C(O)C(F)(F)C(F)(F)CCC(F)(F)C(F)(F)CCC(F)(F)C(F)(F)F. The number of carbonyl (C=O) groups is 1. The normalized spacial score (nSPS) is 14.7. The molecule has 0 radical (unpaired) electrons. The number of hydrogen-bond acceptors (Lipinski definition) is 2. The third-order valence-corrected chi connectivity index (χ3v) is 3.18. The fourth-order valence-corrected chi connectivity index (χ4v) is 1.45. The van der Waals surface area contributed by atoms with Crippen molar-refractivity contribution >= 4 is 5.97 Å². The van der Waals surface area contributed by atoms with E-state index in [2.05, 4.69) is 0 Å². The van der Waals surface area contributed by atoms with E-state index in [1.165, 1.54) is 0 Å². The van der Waals surface area contributed by atoms with Crippen LogP contribution in [0.4, 0.5) is 57.1 Å². The van der Waals surface area contributed by atoms with Crippen molar-refractivity contribution < 1.29 is 67.0 Å². The van der Waals surface area contributed by atoms with Gasteiger partial charge in [-0.15, -0.1) is 0 Å². The standard InChI is InChI=1S/C11H9F13O2.H3N/c12-6(13,1-3-8(16,17)10(20,21)5(25)26)7(14,15)2-4-9(18,19)11(22,23)24;/h1-4H2,(H,25,26);1H3. The Hall–Kier alpha value is -1.48. The van der Waals surface area contributed by atoms with Crippen LogP contribution in [0.5, 0.6) is 0 Å². The van der Waals surface area contributed by atoms with E-state index >= 15 is 0 Å². The zero-order chi connectivity index (χ0) is 21.4. The Morgan fingerprint density at radius 2 is 0.815 bits per heavy atom. The van der Waals surface area contributed by atoms with E-state index in [-0.39, 0.29) is 6.15 Å². The highest BCUT2D eigenvalue weighted by Crippen LogP contribution is 2.48. The molecule has 0 aromatic rings. The number of hydrogen-bond donors (Lipinski definition) is 2. The molecule has 0 aliphatic carbocycles. The predicted molar refractivity (Wildman–Crippen MR) is 61.9 cm³/mol. The zero-order valence-electron chi connectivity index (χ0n) is 12.8. The van der Waals surface area contributed by atoms with Crippen molar-refractivity contribution in [1.82, 2.24) is 6.15 Å². The molecule has 0 aliphatic heterocycles. The topological polar surface area (TPSA) is 72.3 Å². The lowest BCUT2D eigenvalue weighted by Gasteiger charge is -2.30. The van der Waals surface area contributed by atoms with Gasteiger partial charge in [0.2, 0.25) is 0 Å². The Balaban J connectivity index is 0. The second-order valence-corrected chi connectivity index (χ2v) is 5.20. The lowest BCUT2D eigenvalue weighted by Crippen LogP contribution is -2.49. The summed E-state index contributed by atoms with van der Waals surface area (Å²) < 4.78 is 164. The van der Waals surface area contributed by atoms with Gasteiger partial charge in [0.05, 0.1) is 0 Å². The summed E-state index contributed by atoms with van der Waals surface area (Å²) in [5, 5.41) is 7.86. The van der Waals surface area contributed by atoms with Gasteiger partial charge in [-0.05, 0) is 0 Å². The van der Waals surface area contributed by atoms with Crippen molar-refractivity contribution in [3.8, 4) is 0 Å². The summed E-state index contributed by atoms with van der Waals surface area (Å²) in [6.45, 7) is 0. The van der Waals surface area contributed by atoms with E-state index in [0.29, 0.717) is 0 Å². The summed E-state index contributed by atoms with van der Waals surface area (Å²) in [6.07, 6.45) is -17.6. The summed E-state index contributed by atoms with van der Waals surface area (Å²) in [4.78, 5) is 9.94. The number of aliphatic carboxylic acids is 1. The molecule has 0 saturated heterocycles. The molecule has 0 unspecified atom stereocenters. The number of halogens is 13. The largest absolute Gasteiger partial charge is 0.477 e. The molecule has 27 heavy (non-hydrogen) atoms. The fourth-order valence-electron chi connectivity index (χ4n) is 1.45. The Morgan fingerprint density at radius 1 is 0.556 bits per heavy atom. The van der Waals surface area contributed by atoms with Gasteiger partial charge in [-0.25, -0.2) is 4.79 Å². The first-order valence-electron chi connectivity index (χ1n) is 6.30. The maximum atomic E-state index is 13.2. The van der Waals surface area contributed by atoms with Crippen molar-refractivity contribution in [2.24, 2.45) is 0 Å². The first kappa shape index (κ1) is 27.7. The number of carboxylic acids is 1. The minimum atomic E-state index is -6.34. The monoisotopic (exact) mass is 437 g/mol. The number of carboxylic acid groups (broad SMARTS) is 1. The van der Waals surface area contributed by atoms with Crippen LogP contribution in [0, 0.1) is 0 Å². The van der Waals surface area contributed by atoms with Crippen LogP contribution in [-0.2, 0) is 4.79 Å². The highest BCUT2D eigenvalue weighted by molar-refractivity contribution is 5.76. The van der Waals surface area contributed by atoms with Gasteiger partial charge in [-0.3, -0.25) is 0 Å². The third kappa shape index (κ3) is 6.00. The smallest absolute Gasteiger partial charge is 0.453 e. The highest BCUT2D eigenvalue weighted by Gasteiger charge is 2.66. The second kappa shape index (κ2) is 7.87. The van der Waals surface area contributed by atoms with Gasteiger partial charge >= 0.3 is 41.8 Å². The molecule has 4 N–H and O–H groups in total. The van der Waals surface area contributed by atoms with E-state index in [1.54, 1.807) is 0 Å². The van der Waals surface area contributed by atoms with Crippen LogP contribution in [0.15, 0.2) is 0 Å². The van der Waals surface area contributed by atoms with Crippen LogP contribution in [0.2, 0.25) is 0 Å². The summed E-state index contributed by atoms with van der Waals surface area (Å²) >= 11 is 0. The van der Waals surface area contributed by atoms with Crippen LogP contribution in [0.25, 0.3) is 0 Å². The summed E-state index contributed by atoms with van der Waals surface area (Å²) in [5.74, 6) is -32.2. The molecule has 0 bridgehead atoms.